The van der Waals surface area contributed by atoms with Crippen LogP contribution in [0.2, 0.25) is 0 Å². The van der Waals surface area contributed by atoms with Gasteiger partial charge in [0.2, 0.25) is 0 Å². The van der Waals surface area contributed by atoms with E-state index in [9.17, 15) is 9.59 Å². The smallest absolute Gasteiger partial charge is 0.330 e. The quantitative estimate of drug-likeness (QED) is 0.330. The third-order valence-electron chi connectivity index (χ3n) is 3.01. The maximum absolute atomic E-state index is 11.3. The molecule has 0 saturated carbocycles. The van der Waals surface area contributed by atoms with E-state index < -0.39 is 11.9 Å². The number of ether oxygens (including phenoxy) is 2. The zero-order chi connectivity index (χ0) is 15.4. The first-order chi connectivity index (χ1) is 9.57. The lowest BCUT2D eigenvalue weighted by Gasteiger charge is -2.22. The van der Waals surface area contributed by atoms with E-state index in [1.54, 1.807) is 0 Å². The molecule has 0 aromatic carbocycles. The topological polar surface area (TPSA) is 52.6 Å². The summed E-state index contributed by atoms with van der Waals surface area (Å²) < 4.78 is 10.5. The van der Waals surface area contributed by atoms with E-state index >= 15 is 0 Å². The van der Waals surface area contributed by atoms with Crippen molar-refractivity contribution in [2.24, 2.45) is 0 Å². The molecule has 20 heavy (non-hydrogen) atoms. The Kier molecular flexibility index (Phi) is 10.4. The van der Waals surface area contributed by atoms with E-state index in [2.05, 4.69) is 20.1 Å². The SMILES string of the molecule is C=CC(=O)OC(CC)CC(CCCCC)OC(=O)C=C. The summed E-state index contributed by atoms with van der Waals surface area (Å²) >= 11 is 0. The van der Waals surface area contributed by atoms with E-state index in [0.29, 0.717) is 12.8 Å². The second-order valence-corrected chi connectivity index (χ2v) is 4.67. The molecular formula is C16H26O4. The predicted molar refractivity (Wildman–Crippen MR) is 79.2 cm³/mol. The fourth-order valence-electron chi connectivity index (χ4n) is 1.86. The van der Waals surface area contributed by atoms with Gasteiger partial charge in [0.15, 0.2) is 0 Å². The Hall–Kier alpha value is -1.58. The lowest BCUT2D eigenvalue weighted by Crippen LogP contribution is -2.26. The molecule has 0 aliphatic heterocycles. The molecule has 0 aliphatic carbocycles. The second-order valence-electron chi connectivity index (χ2n) is 4.67. The molecule has 0 rings (SSSR count). The number of hydrogen-bond acceptors (Lipinski definition) is 4. The molecule has 114 valence electrons. The first-order valence-electron chi connectivity index (χ1n) is 7.23. The van der Waals surface area contributed by atoms with Crippen molar-refractivity contribution >= 4 is 11.9 Å². The van der Waals surface area contributed by atoms with Crippen molar-refractivity contribution in [3.8, 4) is 0 Å². The van der Waals surface area contributed by atoms with E-state index in [1.807, 2.05) is 6.92 Å². The van der Waals surface area contributed by atoms with Gasteiger partial charge in [-0.15, -0.1) is 0 Å². The first-order valence-corrected chi connectivity index (χ1v) is 7.23. The molecular weight excluding hydrogens is 256 g/mol. The van der Waals surface area contributed by atoms with Gasteiger partial charge in [0, 0.05) is 18.6 Å². The van der Waals surface area contributed by atoms with Crippen LogP contribution in [0.25, 0.3) is 0 Å². The summed E-state index contributed by atoms with van der Waals surface area (Å²) in [4.78, 5) is 22.6. The van der Waals surface area contributed by atoms with Crippen LogP contribution in [0.5, 0.6) is 0 Å². The molecule has 0 fully saturated rings. The number of unbranched alkanes of at least 4 members (excludes halogenated alkanes) is 2. The first kappa shape index (κ1) is 18.4. The number of esters is 2. The fourth-order valence-corrected chi connectivity index (χ4v) is 1.86. The molecule has 2 unspecified atom stereocenters. The van der Waals surface area contributed by atoms with Crippen LogP contribution in [-0.4, -0.2) is 24.1 Å². The minimum absolute atomic E-state index is 0.241. The molecule has 0 aliphatic rings. The van der Waals surface area contributed by atoms with E-state index in [0.717, 1.165) is 37.8 Å². The third-order valence-corrected chi connectivity index (χ3v) is 3.01. The van der Waals surface area contributed by atoms with Gasteiger partial charge in [-0.1, -0.05) is 39.8 Å². The van der Waals surface area contributed by atoms with Gasteiger partial charge in [0.05, 0.1) is 0 Å². The largest absolute Gasteiger partial charge is 0.459 e. The normalized spacial score (nSPS) is 13.1. The summed E-state index contributed by atoms with van der Waals surface area (Å²) in [5.74, 6) is -0.879. The highest BCUT2D eigenvalue weighted by molar-refractivity contribution is 5.81. The van der Waals surface area contributed by atoms with E-state index in [-0.39, 0.29) is 12.2 Å². The fraction of sp³-hybridized carbons (Fsp3) is 0.625. The summed E-state index contributed by atoms with van der Waals surface area (Å²) in [6, 6.07) is 0. The molecule has 2 atom stereocenters. The summed E-state index contributed by atoms with van der Waals surface area (Å²) in [5.41, 5.74) is 0. The molecule has 0 heterocycles. The highest BCUT2D eigenvalue weighted by atomic mass is 16.6. The lowest BCUT2D eigenvalue weighted by molar-refractivity contribution is -0.149. The van der Waals surface area contributed by atoms with Crippen LogP contribution in [0.15, 0.2) is 25.3 Å². The van der Waals surface area contributed by atoms with Crippen molar-refractivity contribution in [2.45, 2.75) is 64.6 Å². The zero-order valence-electron chi connectivity index (χ0n) is 12.6. The number of carbonyl (C=O) groups excluding carboxylic acids is 2. The molecule has 4 heteroatoms. The standard InChI is InChI=1S/C16H26O4/c1-5-9-10-11-14(20-16(18)8-4)12-13(6-2)19-15(17)7-3/h7-8,13-14H,3-6,9-12H2,1-2H3. The van der Waals surface area contributed by atoms with Crippen molar-refractivity contribution in [3.05, 3.63) is 25.3 Å². The van der Waals surface area contributed by atoms with Gasteiger partial charge in [0.1, 0.15) is 12.2 Å². The van der Waals surface area contributed by atoms with Crippen LogP contribution in [0.3, 0.4) is 0 Å². The highest BCUT2D eigenvalue weighted by Crippen LogP contribution is 2.17. The van der Waals surface area contributed by atoms with Crippen LogP contribution >= 0.6 is 0 Å². The van der Waals surface area contributed by atoms with Crippen molar-refractivity contribution in [1.29, 1.82) is 0 Å². The molecule has 0 bridgehead atoms. The van der Waals surface area contributed by atoms with E-state index in [1.165, 1.54) is 0 Å². The minimum Gasteiger partial charge on any atom is -0.459 e. The Balaban J connectivity index is 4.47. The van der Waals surface area contributed by atoms with Crippen molar-refractivity contribution in [2.75, 3.05) is 0 Å². The van der Waals surface area contributed by atoms with Gasteiger partial charge >= 0.3 is 11.9 Å². The number of carbonyl (C=O) groups is 2. The van der Waals surface area contributed by atoms with Gasteiger partial charge in [-0.3, -0.25) is 0 Å². The average Bonchev–Trinajstić information content (AvgIpc) is 2.45. The summed E-state index contributed by atoms with van der Waals surface area (Å²) in [5, 5.41) is 0. The van der Waals surface area contributed by atoms with E-state index in [4.69, 9.17) is 9.47 Å². The van der Waals surface area contributed by atoms with Crippen LogP contribution < -0.4 is 0 Å². The second kappa shape index (κ2) is 11.3. The molecule has 0 radical (unpaired) electrons. The van der Waals surface area contributed by atoms with Gasteiger partial charge in [-0.25, -0.2) is 9.59 Å². The molecule has 0 saturated heterocycles. The van der Waals surface area contributed by atoms with Gasteiger partial charge in [0.25, 0.3) is 0 Å². The molecule has 0 aromatic heterocycles. The third kappa shape index (κ3) is 8.51. The Bertz CT molecular complexity index is 322. The molecule has 4 nitrogen and oxygen atoms in total. The predicted octanol–water partition coefficient (Wildman–Crippen LogP) is 3.56. The lowest BCUT2D eigenvalue weighted by atomic mass is 10.0. The van der Waals surface area contributed by atoms with Crippen LogP contribution in [0.4, 0.5) is 0 Å². The monoisotopic (exact) mass is 282 g/mol. The maximum Gasteiger partial charge on any atom is 0.330 e. The molecule has 0 aromatic rings. The van der Waals surface area contributed by atoms with Crippen molar-refractivity contribution in [1.82, 2.24) is 0 Å². The van der Waals surface area contributed by atoms with Crippen LogP contribution in [-0.2, 0) is 19.1 Å². The van der Waals surface area contributed by atoms with Crippen LogP contribution in [0.1, 0.15) is 52.4 Å². The number of rotatable bonds is 11. The van der Waals surface area contributed by atoms with Gasteiger partial charge < -0.3 is 9.47 Å². The zero-order valence-corrected chi connectivity index (χ0v) is 12.6. The highest BCUT2D eigenvalue weighted by Gasteiger charge is 2.20. The summed E-state index contributed by atoms with van der Waals surface area (Å²) in [6.07, 6.45) is 6.94. The minimum atomic E-state index is -0.445. The Morgan fingerprint density at radius 1 is 1.00 bits per heavy atom. The average molecular weight is 282 g/mol. The van der Waals surface area contributed by atoms with Crippen LogP contribution in [0, 0.1) is 0 Å². The van der Waals surface area contributed by atoms with Gasteiger partial charge in [-0.05, 0) is 19.3 Å². The Labute approximate surface area is 121 Å². The molecule has 0 spiro atoms. The van der Waals surface area contributed by atoms with Gasteiger partial charge in [-0.2, -0.15) is 0 Å². The number of hydrogen-bond donors (Lipinski definition) is 0. The van der Waals surface area contributed by atoms with Crippen molar-refractivity contribution in [3.63, 3.8) is 0 Å². The maximum atomic E-state index is 11.3. The Morgan fingerprint density at radius 3 is 2.00 bits per heavy atom. The van der Waals surface area contributed by atoms with Crippen molar-refractivity contribution < 1.29 is 19.1 Å². The molecule has 0 N–H and O–H groups in total. The molecule has 0 amide bonds. The summed E-state index contributed by atoms with van der Waals surface area (Å²) in [7, 11) is 0. The summed E-state index contributed by atoms with van der Waals surface area (Å²) in [6.45, 7) is 10.8. The Morgan fingerprint density at radius 2 is 1.55 bits per heavy atom.